The molecule has 0 spiro atoms. The van der Waals surface area contributed by atoms with E-state index in [1.165, 1.54) is 19.3 Å². The predicted molar refractivity (Wildman–Crippen MR) is 91.9 cm³/mol. The molecule has 0 aromatic rings. The Hall–Kier alpha value is 0.137. The van der Waals surface area contributed by atoms with Crippen molar-refractivity contribution in [2.24, 2.45) is 16.7 Å². The van der Waals surface area contributed by atoms with Gasteiger partial charge in [-0.25, -0.2) is 0 Å². The third-order valence-corrected chi connectivity index (χ3v) is 11.4. The smallest absolute Gasteiger partial charge is 0.192 e. The number of fused-ring (bicyclic) bond motifs is 1. The Morgan fingerprint density at radius 1 is 1.10 bits per heavy atom. The highest BCUT2D eigenvalue weighted by molar-refractivity contribution is 6.74. The molecular formula is C18H36O2Si. The molecule has 0 radical (unpaired) electrons. The van der Waals surface area contributed by atoms with E-state index in [4.69, 9.17) is 4.43 Å². The van der Waals surface area contributed by atoms with Gasteiger partial charge in [0.05, 0.1) is 12.2 Å². The van der Waals surface area contributed by atoms with Crippen LogP contribution in [-0.4, -0.2) is 25.6 Å². The van der Waals surface area contributed by atoms with Crippen molar-refractivity contribution in [3.05, 3.63) is 0 Å². The fraction of sp³-hybridized carbons (Fsp3) is 1.00. The lowest BCUT2D eigenvalue weighted by Crippen LogP contribution is -2.51. The van der Waals surface area contributed by atoms with E-state index in [1.807, 2.05) is 0 Å². The van der Waals surface area contributed by atoms with Crippen LogP contribution in [0.3, 0.4) is 0 Å². The molecule has 2 rings (SSSR count). The molecule has 4 atom stereocenters. The van der Waals surface area contributed by atoms with Gasteiger partial charge in [0.1, 0.15) is 0 Å². The maximum absolute atomic E-state index is 10.7. The van der Waals surface area contributed by atoms with Crippen molar-refractivity contribution < 1.29 is 9.53 Å². The van der Waals surface area contributed by atoms with Crippen molar-refractivity contribution >= 4 is 8.32 Å². The molecule has 0 aromatic heterocycles. The maximum Gasteiger partial charge on any atom is 0.192 e. The Balaban J connectivity index is 2.27. The van der Waals surface area contributed by atoms with Crippen LogP contribution in [-0.2, 0) is 4.43 Å². The van der Waals surface area contributed by atoms with Crippen LogP contribution < -0.4 is 0 Å². The van der Waals surface area contributed by atoms with Gasteiger partial charge in [0.15, 0.2) is 8.32 Å². The first-order valence-electron chi connectivity index (χ1n) is 8.67. The molecule has 1 N–H and O–H groups in total. The van der Waals surface area contributed by atoms with E-state index in [-0.39, 0.29) is 28.1 Å². The van der Waals surface area contributed by atoms with Gasteiger partial charge in [-0.15, -0.1) is 0 Å². The zero-order chi connectivity index (χ0) is 16.3. The van der Waals surface area contributed by atoms with E-state index < -0.39 is 8.32 Å². The summed E-state index contributed by atoms with van der Waals surface area (Å²) in [5, 5.41) is 11.0. The summed E-state index contributed by atoms with van der Waals surface area (Å²) in [4.78, 5) is 0. The first-order valence-corrected chi connectivity index (χ1v) is 11.6. The van der Waals surface area contributed by atoms with Gasteiger partial charge in [0, 0.05) is 0 Å². The van der Waals surface area contributed by atoms with Crippen molar-refractivity contribution in [3.8, 4) is 0 Å². The van der Waals surface area contributed by atoms with Crippen LogP contribution in [0, 0.1) is 16.7 Å². The van der Waals surface area contributed by atoms with Crippen molar-refractivity contribution in [1.29, 1.82) is 0 Å². The topological polar surface area (TPSA) is 29.5 Å². The molecule has 3 heteroatoms. The molecule has 2 aliphatic carbocycles. The molecule has 0 saturated heterocycles. The van der Waals surface area contributed by atoms with Crippen LogP contribution in [0.25, 0.3) is 0 Å². The minimum absolute atomic E-state index is 0.149. The molecule has 2 fully saturated rings. The highest BCUT2D eigenvalue weighted by Gasteiger charge is 2.60. The van der Waals surface area contributed by atoms with Crippen LogP contribution in [0.15, 0.2) is 0 Å². The van der Waals surface area contributed by atoms with Crippen molar-refractivity contribution in [3.63, 3.8) is 0 Å². The fourth-order valence-corrected chi connectivity index (χ4v) is 6.22. The molecular weight excluding hydrogens is 276 g/mol. The van der Waals surface area contributed by atoms with Crippen molar-refractivity contribution in [2.45, 2.75) is 97.6 Å². The van der Waals surface area contributed by atoms with Crippen molar-refractivity contribution in [2.75, 3.05) is 0 Å². The number of hydrogen-bond acceptors (Lipinski definition) is 2. The van der Waals surface area contributed by atoms with Gasteiger partial charge in [0.2, 0.25) is 0 Å². The predicted octanol–water partition coefficient (Wildman–Crippen LogP) is 4.97. The molecule has 0 unspecified atom stereocenters. The van der Waals surface area contributed by atoms with Crippen molar-refractivity contribution in [1.82, 2.24) is 0 Å². The molecule has 0 bridgehead atoms. The van der Waals surface area contributed by atoms with E-state index >= 15 is 0 Å². The summed E-state index contributed by atoms with van der Waals surface area (Å²) in [5.74, 6) is 0.383. The molecule has 124 valence electrons. The molecule has 21 heavy (non-hydrogen) atoms. The summed E-state index contributed by atoms with van der Waals surface area (Å²) in [7, 11) is -1.78. The Morgan fingerprint density at radius 3 is 2.19 bits per heavy atom. The first kappa shape index (κ1) is 17.5. The van der Waals surface area contributed by atoms with Gasteiger partial charge in [-0.05, 0) is 54.1 Å². The fourth-order valence-electron chi connectivity index (χ4n) is 4.79. The zero-order valence-electron chi connectivity index (χ0n) is 15.4. The minimum Gasteiger partial charge on any atom is -0.413 e. The highest BCUT2D eigenvalue weighted by atomic mass is 28.4. The third-order valence-electron chi connectivity index (χ3n) is 6.91. The SMILES string of the molecule is CC1(C)CCC[C@]2(C)[C@@H](O[Si](C)(C)C(C)(C)C)C[C@@H](O)[C@H]12. The van der Waals surface area contributed by atoms with Gasteiger partial charge in [-0.3, -0.25) is 0 Å². The average Bonchev–Trinajstić information content (AvgIpc) is 2.48. The molecule has 0 aliphatic heterocycles. The summed E-state index contributed by atoms with van der Waals surface area (Å²) in [6, 6.07) is 0. The molecule has 2 nitrogen and oxygen atoms in total. The van der Waals surface area contributed by atoms with E-state index in [0.29, 0.717) is 5.92 Å². The largest absolute Gasteiger partial charge is 0.413 e. The highest BCUT2D eigenvalue weighted by Crippen LogP contribution is 2.60. The van der Waals surface area contributed by atoms with E-state index in [2.05, 4.69) is 54.6 Å². The summed E-state index contributed by atoms with van der Waals surface area (Å²) < 4.78 is 6.78. The van der Waals surface area contributed by atoms with Gasteiger partial charge in [-0.2, -0.15) is 0 Å². The Labute approximate surface area is 132 Å². The molecule has 2 aliphatic rings. The lowest BCUT2D eigenvalue weighted by molar-refractivity contribution is -0.0625. The van der Waals surface area contributed by atoms with Gasteiger partial charge < -0.3 is 9.53 Å². The Bertz CT molecular complexity index is 397. The standard InChI is InChI=1S/C18H36O2Si/c1-16(2,3)21(7,8)20-14-12-13(19)15-17(4,5)10-9-11-18(14,15)6/h13-15,19H,9-12H2,1-8H3/t13-,14+,15-,18-/m1/s1. The lowest BCUT2D eigenvalue weighted by atomic mass is 9.57. The zero-order valence-corrected chi connectivity index (χ0v) is 16.4. The number of hydrogen-bond donors (Lipinski definition) is 1. The molecule has 0 amide bonds. The van der Waals surface area contributed by atoms with E-state index in [0.717, 1.165) is 6.42 Å². The quantitative estimate of drug-likeness (QED) is 0.729. The van der Waals surface area contributed by atoms with Crippen LogP contribution >= 0.6 is 0 Å². The molecule has 0 heterocycles. The van der Waals surface area contributed by atoms with Crippen LogP contribution in [0.4, 0.5) is 0 Å². The van der Waals surface area contributed by atoms with Crippen LogP contribution in [0.1, 0.15) is 67.2 Å². The molecule has 2 saturated carbocycles. The number of aliphatic hydroxyl groups is 1. The normalized spacial score (nSPS) is 40.1. The van der Waals surface area contributed by atoms with E-state index in [9.17, 15) is 5.11 Å². The van der Waals surface area contributed by atoms with E-state index in [1.54, 1.807) is 0 Å². The Kier molecular flexibility index (Phi) is 4.22. The minimum atomic E-state index is -1.78. The summed E-state index contributed by atoms with van der Waals surface area (Å²) in [6.45, 7) is 18.6. The second kappa shape index (κ2) is 5.07. The first-order chi connectivity index (χ1) is 9.31. The van der Waals surface area contributed by atoms with Gasteiger partial charge in [0.25, 0.3) is 0 Å². The lowest BCUT2D eigenvalue weighted by Gasteiger charge is -2.51. The van der Waals surface area contributed by atoms with Crippen LogP contribution in [0.5, 0.6) is 0 Å². The molecule has 0 aromatic carbocycles. The summed E-state index contributed by atoms with van der Waals surface area (Å²) >= 11 is 0. The number of rotatable bonds is 2. The second-order valence-electron chi connectivity index (χ2n) is 10.00. The number of aliphatic hydroxyl groups excluding tert-OH is 1. The van der Waals surface area contributed by atoms with Gasteiger partial charge in [-0.1, -0.05) is 48.0 Å². The second-order valence-corrected chi connectivity index (χ2v) is 14.8. The van der Waals surface area contributed by atoms with Gasteiger partial charge >= 0.3 is 0 Å². The summed E-state index contributed by atoms with van der Waals surface area (Å²) in [5.41, 5.74) is 0.384. The third kappa shape index (κ3) is 2.86. The average molecular weight is 313 g/mol. The summed E-state index contributed by atoms with van der Waals surface area (Å²) in [6.07, 6.45) is 4.58. The maximum atomic E-state index is 10.7. The monoisotopic (exact) mass is 312 g/mol. The van der Waals surface area contributed by atoms with Crippen LogP contribution in [0.2, 0.25) is 18.1 Å². The Morgan fingerprint density at radius 2 is 1.67 bits per heavy atom.